The molecule has 17 heavy (non-hydrogen) atoms. The molecule has 0 atom stereocenters. The highest BCUT2D eigenvalue weighted by atomic mass is 32.1. The van der Waals surface area contributed by atoms with E-state index in [0.717, 1.165) is 0 Å². The molecule has 0 unspecified atom stereocenters. The molecular formula is C11H12N2O3S. The second-order valence-corrected chi connectivity index (χ2v) is 3.90. The SMILES string of the molecule is NC(=S)Cc1ccccc1C(=O)NCC(=O)O. The lowest BCUT2D eigenvalue weighted by atomic mass is 10.0. The van der Waals surface area contributed by atoms with Gasteiger partial charge in [0.05, 0.1) is 4.99 Å². The van der Waals surface area contributed by atoms with E-state index in [9.17, 15) is 9.59 Å². The Balaban J connectivity index is 2.85. The van der Waals surface area contributed by atoms with Crippen molar-refractivity contribution in [2.24, 2.45) is 5.73 Å². The normalized spacial score (nSPS) is 9.65. The van der Waals surface area contributed by atoms with E-state index in [0.29, 0.717) is 17.5 Å². The van der Waals surface area contributed by atoms with E-state index >= 15 is 0 Å². The van der Waals surface area contributed by atoms with Gasteiger partial charge in [-0.25, -0.2) is 0 Å². The number of hydrogen-bond donors (Lipinski definition) is 3. The van der Waals surface area contributed by atoms with Crippen molar-refractivity contribution in [3.8, 4) is 0 Å². The van der Waals surface area contributed by atoms with Crippen LogP contribution in [0.5, 0.6) is 0 Å². The number of nitrogens with two attached hydrogens (primary N) is 1. The Kier molecular flexibility index (Phi) is 4.59. The molecule has 6 heteroatoms. The Hall–Kier alpha value is -1.95. The first-order chi connectivity index (χ1) is 8.00. The summed E-state index contributed by atoms with van der Waals surface area (Å²) in [6.45, 7) is -0.416. The molecule has 5 nitrogen and oxygen atoms in total. The molecule has 90 valence electrons. The van der Waals surface area contributed by atoms with Crippen LogP contribution in [0.15, 0.2) is 24.3 Å². The lowest BCUT2D eigenvalue weighted by Crippen LogP contribution is -2.30. The van der Waals surface area contributed by atoms with Crippen LogP contribution < -0.4 is 11.1 Å². The van der Waals surface area contributed by atoms with Gasteiger partial charge in [-0.3, -0.25) is 9.59 Å². The number of hydrogen-bond acceptors (Lipinski definition) is 3. The van der Waals surface area contributed by atoms with Gasteiger partial charge in [-0.1, -0.05) is 30.4 Å². The van der Waals surface area contributed by atoms with Gasteiger partial charge in [0, 0.05) is 12.0 Å². The summed E-state index contributed by atoms with van der Waals surface area (Å²) in [4.78, 5) is 22.3. The second kappa shape index (κ2) is 5.95. The van der Waals surface area contributed by atoms with Gasteiger partial charge in [-0.2, -0.15) is 0 Å². The Bertz CT molecular complexity index is 460. The highest BCUT2D eigenvalue weighted by Crippen LogP contribution is 2.09. The molecule has 1 aromatic carbocycles. The Morgan fingerprint density at radius 3 is 2.59 bits per heavy atom. The maximum Gasteiger partial charge on any atom is 0.322 e. The quantitative estimate of drug-likeness (QED) is 0.657. The van der Waals surface area contributed by atoms with E-state index in [1.807, 2.05) is 0 Å². The third-order valence-electron chi connectivity index (χ3n) is 2.03. The van der Waals surface area contributed by atoms with Crippen LogP contribution in [0.2, 0.25) is 0 Å². The third-order valence-corrected chi connectivity index (χ3v) is 2.17. The molecule has 1 amide bonds. The number of amides is 1. The molecule has 0 bridgehead atoms. The van der Waals surface area contributed by atoms with Crippen LogP contribution in [0.25, 0.3) is 0 Å². The molecule has 0 saturated heterocycles. The fourth-order valence-corrected chi connectivity index (χ4v) is 1.49. The average molecular weight is 252 g/mol. The van der Waals surface area contributed by atoms with Crippen molar-refractivity contribution in [2.75, 3.05) is 6.54 Å². The van der Waals surface area contributed by atoms with Gasteiger partial charge in [0.2, 0.25) is 0 Å². The van der Waals surface area contributed by atoms with E-state index in [-0.39, 0.29) is 4.99 Å². The molecule has 0 fully saturated rings. The van der Waals surface area contributed by atoms with Gasteiger partial charge in [0.15, 0.2) is 0 Å². The summed E-state index contributed by atoms with van der Waals surface area (Å²) in [5.74, 6) is -1.54. The van der Waals surface area contributed by atoms with Crippen LogP contribution in [0, 0.1) is 0 Å². The number of carbonyl (C=O) groups is 2. The van der Waals surface area contributed by atoms with Crippen molar-refractivity contribution < 1.29 is 14.7 Å². The number of rotatable bonds is 5. The zero-order chi connectivity index (χ0) is 12.8. The maximum atomic E-state index is 11.7. The molecular weight excluding hydrogens is 240 g/mol. The molecule has 0 heterocycles. The summed E-state index contributed by atoms with van der Waals surface area (Å²) >= 11 is 4.78. The summed E-state index contributed by atoms with van der Waals surface area (Å²) in [5, 5.41) is 10.8. The summed E-state index contributed by atoms with van der Waals surface area (Å²) in [6, 6.07) is 6.79. The minimum atomic E-state index is -1.09. The highest BCUT2D eigenvalue weighted by molar-refractivity contribution is 7.80. The molecule has 0 radical (unpaired) electrons. The van der Waals surface area contributed by atoms with E-state index in [1.165, 1.54) is 0 Å². The smallest absolute Gasteiger partial charge is 0.322 e. The molecule has 4 N–H and O–H groups in total. The number of benzene rings is 1. The average Bonchev–Trinajstić information content (AvgIpc) is 2.25. The van der Waals surface area contributed by atoms with Crippen LogP contribution >= 0.6 is 12.2 Å². The number of nitrogens with one attached hydrogen (secondary N) is 1. The summed E-state index contributed by atoms with van der Waals surface area (Å²) < 4.78 is 0. The molecule has 1 aromatic rings. The van der Waals surface area contributed by atoms with Crippen molar-refractivity contribution in [2.45, 2.75) is 6.42 Å². The fraction of sp³-hybridized carbons (Fsp3) is 0.182. The van der Waals surface area contributed by atoms with Crippen LogP contribution in [-0.2, 0) is 11.2 Å². The first kappa shape index (κ1) is 13.1. The number of aliphatic carboxylic acids is 1. The Morgan fingerprint density at radius 1 is 1.35 bits per heavy atom. The predicted octanol–water partition coefficient (Wildman–Crippen LogP) is 0.330. The molecule has 1 rings (SSSR count). The van der Waals surface area contributed by atoms with Gasteiger partial charge < -0.3 is 16.2 Å². The predicted molar refractivity (Wildman–Crippen MR) is 66.9 cm³/mol. The van der Waals surface area contributed by atoms with Crippen LogP contribution in [0.3, 0.4) is 0 Å². The highest BCUT2D eigenvalue weighted by Gasteiger charge is 2.11. The van der Waals surface area contributed by atoms with Crippen molar-refractivity contribution in [1.82, 2.24) is 5.32 Å². The number of carboxylic acids is 1. The van der Waals surface area contributed by atoms with E-state index < -0.39 is 18.4 Å². The van der Waals surface area contributed by atoms with Gasteiger partial charge in [0.25, 0.3) is 5.91 Å². The topological polar surface area (TPSA) is 92.4 Å². The Morgan fingerprint density at radius 2 is 2.00 bits per heavy atom. The lowest BCUT2D eigenvalue weighted by molar-refractivity contribution is -0.135. The third kappa shape index (κ3) is 4.20. The zero-order valence-electron chi connectivity index (χ0n) is 8.97. The lowest BCUT2D eigenvalue weighted by Gasteiger charge is -2.08. The van der Waals surface area contributed by atoms with Crippen LogP contribution in [-0.4, -0.2) is 28.5 Å². The van der Waals surface area contributed by atoms with Gasteiger partial charge in [0.1, 0.15) is 6.54 Å². The van der Waals surface area contributed by atoms with Crippen LogP contribution in [0.4, 0.5) is 0 Å². The monoisotopic (exact) mass is 252 g/mol. The van der Waals surface area contributed by atoms with E-state index in [2.05, 4.69) is 5.32 Å². The second-order valence-electron chi connectivity index (χ2n) is 3.38. The molecule has 0 aliphatic heterocycles. The van der Waals surface area contributed by atoms with Crippen molar-refractivity contribution >= 4 is 29.1 Å². The zero-order valence-corrected chi connectivity index (χ0v) is 9.79. The van der Waals surface area contributed by atoms with Gasteiger partial charge in [-0.15, -0.1) is 0 Å². The molecule has 0 spiro atoms. The fourth-order valence-electron chi connectivity index (χ4n) is 1.33. The summed E-state index contributed by atoms with van der Waals surface area (Å²) in [5.41, 5.74) is 6.49. The summed E-state index contributed by atoms with van der Waals surface area (Å²) in [6.07, 6.45) is 0.312. The molecule has 0 aliphatic rings. The van der Waals surface area contributed by atoms with Crippen molar-refractivity contribution in [3.05, 3.63) is 35.4 Å². The van der Waals surface area contributed by atoms with E-state index in [1.54, 1.807) is 24.3 Å². The number of carbonyl (C=O) groups excluding carboxylic acids is 1. The first-order valence-electron chi connectivity index (χ1n) is 4.87. The maximum absolute atomic E-state index is 11.7. The van der Waals surface area contributed by atoms with Gasteiger partial charge in [-0.05, 0) is 11.6 Å². The summed E-state index contributed by atoms with van der Waals surface area (Å²) in [7, 11) is 0. The first-order valence-corrected chi connectivity index (χ1v) is 5.27. The molecule has 0 aromatic heterocycles. The van der Waals surface area contributed by atoms with Gasteiger partial charge >= 0.3 is 5.97 Å². The Labute approximate surface area is 104 Å². The van der Waals surface area contributed by atoms with E-state index in [4.69, 9.17) is 23.1 Å². The molecule has 0 aliphatic carbocycles. The van der Waals surface area contributed by atoms with Crippen molar-refractivity contribution in [1.29, 1.82) is 0 Å². The van der Waals surface area contributed by atoms with Crippen LogP contribution in [0.1, 0.15) is 15.9 Å². The molecule has 0 saturated carbocycles. The number of carboxylic acid groups (broad SMARTS) is 1. The minimum absolute atomic E-state index is 0.281. The minimum Gasteiger partial charge on any atom is -0.480 e. The van der Waals surface area contributed by atoms with Crippen molar-refractivity contribution in [3.63, 3.8) is 0 Å². The standard InChI is InChI=1S/C11H12N2O3S/c12-9(17)5-7-3-1-2-4-8(7)11(16)13-6-10(14)15/h1-4H,5-6H2,(H2,12,17)(H,13,16)(H,14,15). The largest absolute Gasteiger partial charge is 0.480 e. The number of thiocarbonyl (C=S) groups is 1.